The van der Waals surface area contributed by atoms with Gasteiger partial charge in [-0.15, -0.1) is 0 Å². The van der Waals surface area contributed by atoms with Crippen LogP contribution >= 0.6 is 0 Å². The van der Waals surface area contributed by atoms with Crippen LogP contribution in [0.1, 0.15) is 5.56 Å². The van der Waals surface area contributed by atoms with Gasteiger partial charge in [0.25, 0.3) is 0 Å². The fraction of sp³-hybridized carbons (Fsp3) is 0.125. The van der Waals surface area contributed by atoms with Crippen LogP contribution in [0.3, 0.4) is 0 Å². The lowest BCUT2D eigenvalue weighted by atomic mass is 10.0. The molecule has 6 nitrogen and oxygen atoms in total. The average Bonchev–Trinajstić information content (AvgIpc) is 2.45. The third kappa shape index (κ3) is 4.65. The van der Waals surface area contributed by atoms with E-state index in [9.17, 15) is 18.0 Å². The second kappa shape index (κ2) is 6.62. The Labute approximate surface area is 133 Å². The van der Waals surface area contributed by atoms with Crippen LogP contribution in [0.5, 0.6) is 5.75 Å². The van der Waals surface area contributed by atoms with Gasteiger partial charge in [-0.25, -0.2) is 13.2 Å². The fourth-order valence-electron chi connectivity index (χ4n) is 2.11. The molecule has 0 aromatic heterocycles. The van der Waals surface area contributed by atoms with Crippen LogP contribution < -0.4 is 9.46 Å². The number of sulfonamides is 1. The summed E-state index contributed by atoms with van der Waals surface area (Å²) in [6.07, 6.45) is 1.86. The molecule has 0 radical (unpaired) electrons. The highest BCUT2D eigenvalue weighted by molar-refractivity contribution is 7.89. The molecule has 2 aromatic rings. The topological polar surface area (TPSA) is 89.5 Å². The maximum Gasteiger partial charge on any atom is 0.335 e. The summed E-state index contributed by atoms with van der Waals surface area (Å²) in [5.74, 6) is -0.900. The molecule has 2 aromatic carbocycles. The van der Waals surface area contributed by atoms with E-state index in [-0.39, 0.29) is 6.42 Å². The van der Waals surface area contributed by atoms with Gasteiger partial charge in [0.15, 0.2) is 0 Å². The maximum absolute atomic E-state index is 11.8. The number of carbonyl (C=O) groups excluding carboxylic acids is 2. The highest BCUT2D eigenvalue weighted by Gasteiger charge is 2.12. The number of carbonyl (C=O) groups is 2. The van der Waals surface area contributed by atoms with Gasteiger partial charge in [-0.3, -0.25) is 9.52 Å². The molecular formula is C16H15NO5S. The summed E-state index contributed by atoms with van der Waals surface area (Å²) in [4.78, 5) is 23.1. The van der Waals surface area contributed by atoms with Crippen molar-refractivity contribution in [2.75, 3.05) is 6.26 Å². The zero-order chi connectivity index (χ0) is 17.0. The molecule has 23 heavy (non-hydrogen) atoms. The van der Waals surface area contributed by atoms with Crippen molar-refractivity contribution >= 4 is 32.7 Å². The zero-order valence-corrected chi connectivity index (χ0v) is 13.2. The molecule has 0 unspecified atom stereocenters. The van der Waals surface area contributed by atoms with E-state index in [1.54, 1.807) is 30.3 Å². The van der Waals surface area contributed by atoms with E-state index >= 15 is 0 Å². The van der Waals surface area contributed by atoms with E-state index in [2.05, 4.69) is 6.58 Å². The lowest BCUT2D eigenvalue weighted by Crippen LogP contribution is -2.30. The third-order valence-corrected chi connectivity index (χ3v) is 3.58. The number of amides is 1. The third-order valence-electron chi connectivity index (χ3n) is 2.98. The molecular weight excluding hydrogens is 318 g/mol. The Hall–Kier alpha value is -2.67. The molecule has 0 heterocycles. The number of hydrogen-bond acceptors (Lipinski definition) is 5. The molecule has 0 spiro atoms. The van der Waals surface area contributed by atoms with E-state index in [1.807, 2.05) is 10.8 Å². The van der Waals surface area contributed by atoms with Gasteiger partial charge in [0.2, 0.25) is 15.9 Å². The van der Waals surface area contributed by atoms with E-state index in [0.717, 1.165) is 17.7 Å². The van der Waals surface area contributed by atoms with Crippen molar-refractivity contribution in [1.82, 2.24) is 4.72 Å². The molecule has 0 fully saturated rings. The number of ether oxygens (including phenoxy) is 1. The average molecular weight is 333 g/mol. The molecule has 0 saturated carbocycles. The Morgan fingerprint density at radius 1 is 1.26 bits per heavy atom. The highest BCUT2D eigenvalue weighted by atomic mass is 32.2. The number of benzene rings is 2. The van der Waals surface area contributed by atoms with E-state index < -0.39 is 21.9 Å². The molecule has 0 aliphatic carbocycles. The van der Waals surface area contributed by atoms with Crippen LogP contribution in [-0.4, -0.2) is 26.6 Å². The predicted molar refractivity (Wildman–Crippen MR) is 86.5 cm³/mol. The van der Waals surface area contributed by atoms with Gasteiger partial charge in [0, 0.05) is 6.08 Å². The predicted octanol–water partition coefficient (Wildman–Crippen LogP) is 1.55. The van der Waals surface area contributed by atoms with Gasteiger partial charge < -0.3 is 4.74 Å². The van der Waals surface area contributed by atoms with Crippen LogP contribution in [-0.2, 0) is 26.0 Å². The standard InChI is InChI=1S/C16H15NO5S/c1-3-16(19)22-13-8-7-11-5-4-6-12(14(11)10-13)9-15(18)17-23(2,20)21/h3-8,10H,1,9H2,2H3,(H,17,18). The summed E-state index contributed by atoms with van der Waals surface area (Å²) in [6.45, 7) is 3.33. The number of fused-ring (bicyclic) bond motifs is 1. The van der Waals surface area contributed by atoms with E-state index in [4.69, 9.17) is 4.74 Å². The first-order valence-electron chi connectivity index (χ1n) is 6.65. The number of esters is 1. The van der Waals surface area contributed by atoms with E-state index in [0.29, 0.717) is 16.7 Å². The lowest BCUT2D eigenvalue weighted by molar-refractivity contribution is -0.129. The van der Waals surface area contributed by atoms with Gasteiger partial charge in [0.05, 0.1) is 12.7 Å². The van der Waals surface area contributed by atoms with Crippen molar-refractivity contribution in [2.24, 2.45) is 0 Å². The van der Waals surface area contributed by atoms with Crippen LogP contribution in [0.15, 0.2) is 49.1 Å². The second-order valence-corrected chi connectivity index (χ2v) is 6.65. The van der Waals surface area contributed by atoms with Crippen molar-refractivity contribution in [3.63, 3.8) is 0 Å². The van der Waals surface area contributed by atoms with Gasteiger partial charge in [-0.2, -0.15) is 0 Å². The van der Waals surface area contributed by atoms with Crippen molar-refractivity contribution in [1.29, 1.82) is 0 Å². The Bertz CT molecular complexity index is 886. The largest absolute Gasteiger partial charge is 0.423 e. The quantitative estimate of drug-likeness (QED) is 0.509. The fourth-order valence-corrected chi connectivity index (χ4v) is 2.59. The number of rotatable bonds is 5. The first-order valence-corrected chi connectivity index (χ1v) is 8.54. The molecule has 0 saturated heterocycles. The lowest BCUT2D eigenvalue weighted by Gasteiger charge is -2.09. The summed E-state index contributed by atoms with van der Waals surface area (Å²) >= 11 is 0. The SMILES string of the molecule is C=CC(=O)Oc1ccc2cccc(CC(=O)NS(C)(=O)=O)c2c1. The molecule has 2 rings (SSSR count). The first kappa shape index (κ1) is 16.7. The van der Waals surface area contributed by atoms with Crippen LogP contribution in [0.2, 0.25) is 0 Å². The normalized spacial score (nSPS) is 11.0. The Balaban J connectivity index is 2.35. The monoisotopic (exact) mass is 333 g/mol. The van der Waals surface area contributed by atoms with Crippen LogP contribution in [0.25, 0.3) is 10.8 Å². The van der Waals surface area contributed by atoms with Crippen molar-refractivity contribution in [3.8, 4) is 5.75 Å². The molecule has 0 aliphatic rings. The summed E-state index contributed by atoms with van der Waals surface area (Å²) in [6, 6.07) is 10.3. The molecule has 120 valence electrons. The molecule has 1 amide bonds. The summed E-state index contributed by atoms with van der Waals surface area (Å²) in [5.41, 5.74) is 0.625. The Morgan fingerprint density at radius 3 is 2.65 bits per heavy atom. The van der Waals surface area contributed by atoms with Crippen molar-refractivity contribution in [2.45, 2.75) is 6.42 Å². The number of nitrogens with one attached hydrogen (secondary N) is 1. The van der Waals surface area contributed by atoms with Crippen molar-refractivity contribution in [3.05, 3.63) is 54.6 Å². The van der Waals surface area contributed by atoms with Gasteiger partial charge in [0.1, 0.15) is 5.75 Å². The summed E-state index contributed by atoms with van der Waals surface area (Å²) < 4.78 is 29.2. The minimum absolute atomic E-state index is 0.108. The Morgan fingerprint density at radius 2 is 2.00 bits per heavy atom. The summed E-state index contributed by atoms with van der Waals surface area (Å²) in [7, 11) is -3.60. The molecule has 0 atom stereocenters. The molecule has 0 aliphatic heterocycles. The number of hydrogen-bond donors (Lipinski definition) is 1. The van der Waals surface area contributed by atoms with Gasteiger partial charge in [-0.1, -0.05) is 30.8 Å². The van der Waals surface area contributed by atoms with Crippen LogP contribution in [0, 0.1) is 0 Å². The highest BCUT2D eigenvalue weighted by Crippen LogP contribution is 2.24. The van der Waals surface area contributed by atoms with Crippen molar-refractivity contribution < 1.29 is 22.7 Å². The first-order chi connectivity index (χ1) is 10.8. The second-order valence-electron chi connectivity index (χ2n) is 4.90. The zero-order valence-electron chi connectivity index (χ0n) is 12.4. The Kier molecular flexibility index (Phi) is 4.80. The smallest absolute Gasteiger partial charge is 0.335 e. The molecule has 0 bridgehead atoms. The molecule has 1 N–H and O–H groups in total. The summed E-state index contributed by atoms with van der Waals surface area (Å²) in [5, 5.41) is 1.54. The minimum Gasteiger partial charge on any atom is -0.423 e. The van der Waals surface area contributed by atoms with Crippen LogP contribution in [0.4, 0.5) is 0 Å². The van der Waals surface area contributed by atoms with Gasteiger partial charge in [-0.05, 0) is 28.5 Å². The van der Waals surface area contributed by atoms with Gasteiger partial charge >= 0.3 is 5.97 Å². The maximum atomic E-state index is 11.8. The van der Waals surface area contributed by atoms with E-state index in [1.165, 1.54) is 0 Å². The molecule has 7 heteroatoms. The minimum atomic E-state index is -3.60.